The summed E-state index contributed by atoms with van der Waals surface area (Å²) in [6.45, 7) is 5.07. The molecule has 0 amide bonds. The summed E-state index contributed by atoms with van der Waals surface area (Å²) >= 11 is 2.86. The number of alkyl halides is 3. The Morgan fingerprint density at radius 1 is 1.00 bits per heavy atom. The first kappa shape index (κ1) is 26.8. The minimum atomic E-state index is -4.39. The Bertz CT molecular complexity index is 1290. The molecule has 7 nitrogen and oxygen atoms in total. The van der Waals surface area contributed by atoms with Gasteiger partial charge >= 0.3 is 23.9 Å². The molecule has 0 saturated heterocycles. The fraction of sp³-hybridized carbons (Fsp3) is 0.320. The highest BCUT2D eigenvalue weighted by molar-refractivity contribution is 7.98. The quantitative estimate of drug-likeness (QED) is 0.190. The summed E-state index contributed by atoms with van der Waals surface area (Å²) in [6, 6.07) is 9.90. The monoisotopic (exact) mass is 553 g/mol. The summed E-state index contributed by atoms with van der Waals surface area (Å²) in [4.78, 5) is 31.3. The van der Waals surface area contributed by atoms with E-state index in [9.17, 15) is 22.8 Å². The van der Waals surface area contributed by atoms with Crippen LogP contribution in [0.25, 0.3) is 10.6 Å². The van der Waals surface area contributed by atoms with Crippen LogP contribution in [0.5, 0.6) is 11.5 Å². The van der Waals surface area contributed by atoms with Crippen LogP contribution < -0.4 is 9.47 Å². The van der Waals surface area contributed by atoms with E-state index in [1.165, 1.54) is 35.2 Å². The summed E-state index contributed by atoms with van der Waals surface area (Å²) in [5, 5.41) is 0.626. The number of thiazole rings is 1. The van der Waals surface area contributed by atoms with Crippen LogP contribution in [0.1, 0.15) is 30.0 Å². The molecule has 1 aliphatic rings. The smallest absolute Gasteiger partial charge is 0.453 e. The summed E-state index contributed by atoms with van der Waals surface area (Å²) < 4.78 is 59.7. The van der Waals surface area contributed by atoms with Crippen molar-refractivity contribution < 1.29 is 41.7 Å². The van der Waals surface area contributed by atoms with Gasteiger partial charge in [0.1, 0.15) is 5.01 Å². The molecule has 1 aliphatic heterocycles. The van der Waals surface area contributed by atoms with Gasteiger partial charge in [-0.15, -0.1) is 23.1 Å². The maximum atomic E-state index is 12.8. The fourth-order valence-electron chi connectivity index (χ4n) is 3.41. The molecule has 0 unspecified atom stereocenters. The minimum absolute atomic E-state index is 0.0207. The molecule has 0 aliphatic carbocycles. The Morgan fingerprint density at radius 2 is 1.62 bits per heavy atom. The molecule has 0 spiro atoms. The molecule has 0 radical (unpaired) electrons. The van der Waals surface area contributed by atoms with Gasteiger partial charge in [-0.3, -0.25) is 0 Å². The van der Waals surface area contributed by atoms with Crippen LogP contribution >= 0.6 is 23.1 Å². The van der Waals surface area contributed by atoms with Gasteiger partial charge in [0.15, 0.2) is 11.5 Å². The van der Waals surface area contributed by atoms with Crippen LogP contribution in [0, 0.1) is 6.92 Å². The molecule has 0 bridgehead atoms. The normalized spacial score (nSPS) is 13.9. The molecule has 37 heavy (non-hydrogen) atoms. The first-order valence-corrected chi connectivity index (χ1v) is 13.0. The average molecular weight is 554 g/mol. The Labute approximate surface area is 218 Å². The largest absolute Gasteiger partial charge is 0.460 e. The average Bonchev–Trinajstić information content (AvgIpc) is 3.43. The number of hydrogen-bond donors (Lipinski definition) is 0. The third kappa shape index (κ3) is 5.54. The molecule has 0 fully saturated rings. The zero-order chi connectivity index (χ0) is 26.8. The van der Waals surface area contributed by atoms with E-state index in [1.807, 2.05) is 6.92 Å². The van der Waals surface area contributed by atoms with Gasteiger partial charge < -0.3 is 18.9 Å². The van der Waals surface area contributed by atoms with Crippen LogP contribution in [-0.4, -0.2) is 35.9 Å². The summed E-state index contributed by atoms with van der Waals surface area (Å²) in [5.41, 5.74) is 0.671. The third-order valence-corrected chi connectivity index (χ3v) is 7.64. The van der Waals surface area contributed by atoms with Crippen LogP contribution in [-0.2, 0) is 31.0 Å². The number of esters is 2. The van der Waals surface area contributed by atoms with E-state index in [1.54, 1.807) is 32.0 Å². The number of rotatable bonds is 8. The van der Waals surface area contributed by atoms with Crippen LogP contribution in [0.3, 0.4) is 0 Å². The van der Waals surface area contributed by atoms with Gasteiger partial charge in [0.05, 0.1) is 24.5 Å². The number of ether oxygens (including phenoxy) is 4. The third-order valence-electron chi connectivity index (χ3n) is 5.23. The second-order valence-corrected chi connectivity index (χ2v) is 9.89. The number of carbonyl (C=O) groups excluding carboxylic acids is 2. The van der Waals surface area contributed by atoms with E-state index in [-0.39, 0.29) is 24.7 Å². The standard InChI is InChI=1S/C25H22F3NO6S2/c1-4-32-22(30)24(23(31)33-5-2)34-18-11-10-17(12-19(18)35-24)36-13-20-14(3)29-21(37-20)15-6-8-16(9-7-15)25(26,27)28/h6-12H,4-5,13H2,1-3H3. The maximum absolute atomic E-state index is 12.8. The fourth-order valence-corrected chi connectivity index (χ4v) is 5.55. The Kier molecular flexibility index (Phi) is 7.69. The SMILES string of the molecule is CCOC(=O)C1(C(=O)OCC)Oc2ccc(SCc3sc(-c4ccc(C(F)(F)F)cc4)nc3C)cc2O1. The Balaban J connectivity index is 1.48. The van der Waals surface area contributed by atoms with Gasteiger partial charge in [-0.25, -0.2) is 14.6 Å². The molecular formula is C25H22F3NO6S2. The van der Waals surface area contributed by atoms with Crippen LogP contribution in [0.4, 0.5) is 13.2 Å². The van der Waals surface area contributed by atoms with Crippen molar-refractivity contribution in [1.82, 2.24) is 4.98 Å². The first-order valence-electron chi connectivity index (χ1n) is 11.2. The molecule has 2 heterocycles. The van der Waals surface area contributed by atoms with Gasteiger partial charge in [0.25, 0.3) is 0 Å². The maximum Gasteiger partial charge on any atom is 0.453 e. The molecule has 2 aromatic carbocycles. The Hall–Kier alpha value is -3.25. The predicted molar refractivity (Wildman–Crippen MR) is 131 cm³/mol. The predicted octanol–water partition coefficient (Wildman–Crippen LogP) is 6.02. The molecular weight excluding hydrogens is 531 g/mol. The zero-order valence-electron chi connectivity index (χ0n) is 20.0. The lowest BCUT2D eigenvalue weighted by Gasteiger charge is -2.22. The molecule has 3 aromatic rings. The van der Waals surface area contributed by atoms with Gasteiger partial charge in [0, 0.05) is 21.1 Å². The van der Waals surface area contributed by atoms with Crippen molar-refractivity contribution in [3.63, 3.8) is 0 Å². The molecule has 4 rings (SSSR count). The lowest BCUT2D eigenvalue weighted by molar-refractivity contribution is -0.202. The number of benzene rings is 2. The number of hydrogen-bond acceptors (Lipinski definition) is 9. The first-order chi connectivity index (χ1) is 17.6. The van der Waals surface area contributed by atoms with Crippen molar-refractivity contribution in [2.45, 2.75) is 43.4 Å². The van der Waals surface area contributed by atoms with Crippen LogP contribution in [0.15, 0.2) is 47.4 Å². The highest BCUT2D eigenvalue weighted by Gasteiger charge is 2.59. The van der Waals surface area contributed by atoms with Gasteiger partial charge in [-0.2, -0.15) is 13.2 Å². The van der Waals surface area contributed by atoms with Crippen molar-refractivity contribution in [2.75, 3.05) is 13.2 Å². The van der Waals surface area contributed by atoms with E-state index in [0.29, 0.717) is 16.3 Å². The second-order valence-electron chi connectivity index (χ2n) is 7.76. The molecule has 12 heteroatoms. The highest BCUT2D eigenvalue weighted by atomic mass is 32.2. The molecule has 0 N–H and O–H groups in total. The van der Waals surface area contributed by atoms with Crippen molar-refractivity contribution in [3.05, 3.63) is 58.6 Å². The number of aromatic nitrogens is 1. The van der Waals surface area contributed by atoms with Crippen molar-refractivity contribution >= 4 is 35.0 Å². The van der Waals surface area contributed by atoms with Crippen molar-refractivity contribution in [2.24, 2.45) is 0 Å². The topological polar surface area (TPSA) is 84.0 Å². The van der Waals surface area contributed by atoms with E-state index in [4.69, 9.17) is 18.9 Å². The minimum Gasteiger partial charge on any atom is -0.460 e. The highest BCUT2D eigenvalue weighted by Crippen LogP contribution is 2.44. The Morgan fingerprint density at radius 3 is 2.22 bits per heavy atom. The summed E-state index contributed by atoms with van der Waals surface area (Å²) in [7, 11) is 0. The molecule has 0 saturated carbocycles. The van der Waals surface area contributed by atoms with Gasteiger partial charge in [0.2, 0.25) is 0 Å². The van der Waals surface area contributed by atoms with Crippen molar-refractivity contribution in [3.8, 4) is 22.1 Å². The van der Waals surface area contributed by atoms with Crippen molar-refractivity contribution in [1.29, 1.82) is 0 Å². The van der Waals surface area contributed by atoms with E-state index in [2.05, 4.69) is 4.98 Å². The van der Waals surface area contributed by atoms with Gasteiger partial charge in [-0.05, 0) is 51.1 Å². The number of carbonyl (C=O) groups is 2. The number of halogens is 3. The molecule has 0 atom stereocenters. The summed E-state index contributed by atoms with van der Waals surface area (Å²) in [6.07, 6.45) is -4.39. The number of nitrogens with zero attached hydrogens (tertiary/aromatic N) is 1. The van der Waals surface area contributed by atoms with E-state index in [0.717, 1.165) is 27.6 Å². The zero-order valence-corrected chi connectivity index (χ0v) is 21.6. The second kappa shape index (κ2) is 10.6. The van der Waals surface area contributed by atoms with Crippen LogP contribution in [0.2, 0.25) is 0 Å². The lowest BCUT2D eigenvalue weighted by Crippen LogP contribution is -2.55. The van der Waals surface area contributed by atoms with Gasteiger partial charge in [-0.1, -0.05) is 12.1 Å². The molecule has 1 aromatic heterocycles. The summed E-state index contributed by atoms with van der Waals surface area (Å²) in [5.74, 6) is -3.45. The molecule has 196 valence electrons. The number of fused-ring (bicyclic) bond motifs is 1. The number of thioether (sulfide) groups is 1. The number of aryl methyl sites for hydroxylation is 1. The lowest BCUT2D eigenvalue weighted by atomic mass is 10.1. The van der Waals surface area contributed by atoms with E-state index < -0.39 is 29.5 Å². The van der Waals surface area contributed by atoms with E-state index >= 15 is 0 Å².